The zero-order valence-electron chi connectivity index (χ0n) is 13.5. The van der Waals surface area contributed by atoms with Gasteiger partial charge in [-0.15, -0.1) is 0 Å². The van der Waals surface area contributed by atoms with Gasteiger partial charge in [-0.25, -0.2) is 0 Å². The molecule has 0 aliphatic carbocycles. The Hall–Kier alpha value is -2.17. The van der Waals surface area contributed by atoms with Gasteiger partial charge in [0.1, 0.15) is 17.9 Å². The molecule has 1 fully saturated rings. The van der Waals surface area contributed by atoms with E-state index in [9.17, 15) is 4.79 Å². The van der Waals surface area contributed by atoms with E-state index < -0.39 is 5.54 Å². The number of ketones is 1. The van der Waals surface area contributed by atoms with Crippen molar-refractivity contribution < 1.29 is 9.53 Å². The van der Waals surface area contributed by atoms with E-state index >= 15 is 0 Å². The number of rotatable bonds is 5. The summed E-state index contributed by atoms with van der Waals surface area (Å²) in [7, 11) is 0. The minimum atomic E-state index is -0.768. The van der Waals surface area contributed by atoms with Crippen LogP contribution >= 0.6 is 0 Å². The first-order valence-electron chi connectivity index (χ1n) is 7.93. The van der Waals surface area contributed by atoms with Crippen molar-refractivity contribution in [2.24, 2.45) is 0 Å². The topological polar surface area (TPSA) is 50.4 Å². The monoisotopic (exact) mass is 310 g/mol. The number of hydrogen-bond acceptors (Lipinski definition) is 4. The summed E-state index contributed by atoms with van der Waals surface area (Å²) in [6.07, 6.45) is 0.0610. The Balaban J connectivity index is 1.86. The van der Waals surface area contributed by atoms with E-state index in [0.717, 1.165) is 5.56 Å². The van der Waals surface area contributed by atoms with Crippen molar-refractivity contribution in [3.63, 3.8) is 0 Å². The molecule has 0 aromatic heterocycles. The maximum Gasteiger partial charge on any atom is 0.196 e. The number of nitrogens with one attached hydrogen (secondary N) is 2. The fraction of sp³-hybridized carbons (Fsp3) is 0.316. The highest BCUT2D eigenvalue weighted by Gasteiger charge is 2.50. The Bertz CT molecular complexity index is 660. The molecule has 0 radical (unpaired) electrons. The highest BCUT2D eigenvalue weighted by molar-refractivity contribution is 5.92. The molecule has 1 aliphatic heterocycles. The van der Waals surface area contributed by atoms with E-state index in [0.29, 0.717) is 5.75 Å². The van der Waals surface area contributed by atoms with Gasteiger partial charge in [-0.1, -0.05) is 48.5 Å². The second-order valence-electron chi connectivity index (χ2n) is 5.95. The zero-order chi connectivity index (χ0) is 16.3. The molecule has 0 spiro atoms. The summed E-state index contributed by atoms with van der Waals surface area (Å²) < 4.78 is 5.69. The number of ether oxygens (including phenoxy) is 1. The van der Waals surface area contributed by atoms with E-state index in [4.69, 9.17) is 4.74 Å². The molecule has 2 aromatic rings. The largest absolute Gasteiger partial charge is 0.486 e. The number of para-hydroxylation sites is 1. The van der Waals surface area contributed by atoms with Gasteiger partial charge < -0.3 is 4.74 Å². The van der Waals surface area contributed by atoms with Crippen molar-refractivity contribution >= 4 is 5.78 Å². The molecule has 3 unspecified atom stereocenters. The quantitative estimate of drug-likeness (QED) is 0.891. The predicted molar refractivity (Wildman–Crippen MR) is 90.3 cm³/mol. The molecule has 0 bridgehead atoms. The van der Waals surface area contributed by atoms with Gasteiger partial charge in [-0.05, 0) is 31.5 Å². The second kappa shape index (κ2) is 6.52. The van der Waals surface area contributed by atoms with Gasteiger partial charge in [0, 0.05) is 6.04 Å². The summed E-state index contributed by atoms with van der Waals surface area (Å²) in [6.45, 7) is 4.08. The van der Waals surface area contributed by atoms with Crippen LogP contribution in [0.25, 0.3) is 0 Å². The molecule has 2 aromatic carbocycles. The van der Waals surface area contributed by atoms with Crippen LogP contribution in [0.5, 0.6) is 5.75 Å². The molecule has 2 N–H and O–H groups in total. The van der Waals surface area contributed by atoms with Gasteiger partial charge in [-0.3, -0.25) is 15.4 Å². The Morgan fingerprint density at radius 3 is 2.22 bits per heavy atom. The number of carbonyl (C=O) groups excluding carboxylic acids is 1. The summed E-state index contributed by atoms with van der Waals surface area (Å²) in [5, 5.41) is 6.83. The maximum atomic E-state index is 13.1. The van der Waals surface area contributed by atoms with Crippen molar-refractivity contribution in [1.29, 1.82) is 0 Å². The Kier molecular flexibility index (Phi) is 4.46. The normalized spacial score (nSPS) is 26.9. The van der Waals surface area contributed by atoms with Gasteiger partial charge in [-0.2, -0.15) is 0 Å². The van der Waals surface area contributed by atoms with Crippen molar-refractivity contribution in [3.05, 3.63) is 66.2 Å². The molecule has 23 heavy (non-hydrogen) atoms. The fourth-order valence-corrected chi connectivity index (χ4v) is 3.30. The van der Waals surface area contributed by atoms with Crippen molar-refractivity contribution in [3.8, 4) is 5.75 Å². The van der Waals surface area contributed by atoms with Crippen LogP contribution in [0.3, 0.4) is 0 Å². The van der Waals surface area contributed by atoms with Crippen LogP contribution in [0.15, 0.2) is 60.7 Å². The van der Waals surface area contributed by atoms with Crippen molar-refractivity contribution in [2.45, 2.75) is 31.6 Å². The van der Waals surface area contributed by atoms with Crippen LogP contribution < -0.4 is 15.4 Å². The molecule has 0 amide bonds. The first-order chi connectivity index (χ1) is 11.1. The van der Waals surface area contributed by atoms with Gasteiger partial charge in [0.2, 0.25) is 0 Å². The van der Waals surface area contributed by atoms with Crippen LogP contribution in [-0.4, -0.2) is 24.6 Å². The molecule has 1 saturated heterocycles. The lowest BCUT2D eigenvalue weighted by molar-refractivity contribution is -0.128. The van der Waals surface area contributed by atoms with Gasteiger partial charge in [0.25, 0.3) is 0 Å². The average molecular weight is 310 g/mol. The minimum absolute atomic E-state index is 0.0215. The summed E-state index contributed by atoms with van der Waals surface area (Å²) in [5.41, 5.74) is 0.196. The number of hydrogen-bond donors (Lipinski definition) is 2. The van der Waals surface area contributed by atoms with E-state index in [1.54, 1.807) is 0 Å². The lowest BCUT2D eigenvalue weighted by Gasteiger charge is -2.32. The molecular formula is C19H22N2O2. The first kappa shape index (κ1) is 15.7. The molecular weight excluding hydrogens is 288 g/mol. The van der Waals surface area contributed by atoms with Crippen LogP contribution in [-0.2, 0) is 10.3 Å². The number of benzene rings is 2. The average Bonchev–Trinajstić information content (AvgIpc) is 2.89. The van der Waals surface area contributed by atoms with E-state index in [1.165, 1.54) is 0 Å². The summed E-state index contributed by atoms with van der Waals surface area (Å²) in [4.78, 5) is 13.1. The van der Waals surface area contributed by atoms with E-state index in [-0.39, 0.29) is 24.6 Å². The van der Waals surface area contributed by atoms with Crippen LogP contribution in [0.2, 0.25) is 0 Å². The lowest BCUT2D eigenvalue weighted by atomic mass is 9.81. The highest BCUT2D eigenvalue weighted by atomic mass is 16.5. The maximum absolute atomic E-state index is 13.1. The fourth-order valence-electron chi connectivity index (χ4n) is 3.30. The zero-order valence-corrected chi connectivity index (χ0v) is 13.5. The van der Waals surface area contributed by atoms with Crippen molar-refractivity contribution in [2.75, 3.05) is 6.61 Å². The number of Topliss-reactive ketones (excluding diaryl/α,β-unsaturated/α-hetero) is 1. The summed E-state index contributed by atoms with van der Waals surface area (Å²) in [6, 6.07) is 19.3. The first-order valence-corrected chi connectivity index (χ1v) is 7.93. The predicted octanol–water partition coefficient (Wildman–Crippen LogP) is 2.46. The molecule has 0 saturated carbocycles. The third-order valence-electron chi connectivity index (χ3n) is 4.38. The van der Waals surface area contributed by atoms with Crippen LogP contribution in [0.4, 0.5) is 0 Å². The molecule has 4 heteroatoms. The Morgan fingerprint density at radius 1 is 1.04 bits per heavy atom. The summed E-state index contributed by atoms with van der Waals surface area (Å²) >= 11 is 0. The molecule has 3 atom stereocenters. The van der Waals surface area contributed by atoms with Crippen molar-refractivity contribution in [1.82, 2.24) is 10.6 Å². The van der Waals surface area contributed by atoms with E-state index in [1.807, 2.05) is 74.5 Å². The standard InChI is InChI=1S/C19H22N2O2/c1-14-19(21-15(2)20-14,16-9-5-3-6-10-16)18(22)13-23-17-11-7-4-8-12-17/h3-12,14-15,20-21H,13H2,1-2H3. The van der Waals surface area contributed by atoms with E-state index in [2.05, 4.69) is 10.6 Å². The summed E-state index contributed by atoms with van der Waals surface area (Å²) in [5.74, 6) is 0.729. The van der Waals surface area contributed by atoms with Gasteiger partial charge >= 0.3 is 0 Å². The Morgan fingerprint density at radius 2 is 1.65 bits per heavy atom. The third kappa shape index (κ3) is 3.00. The third-order valence-corrected chi connectivity index (χ3v) is 4.38. The molecule has 4 nitrogen and oxygen atoms in total. The van der Waals surface area contributed by atoms with Gasteiger partial charge in [0.15, 0.2) is 5.78 Å². The minimum Gasteiger partial charge on any atom is -0.486 e. The SMILES string of the molecule is CC1NC(C)C(C(=O)COc2ccccc2)(c2ccccc2)N1. The van der Waals surface area contributed by atoms with Crippen LogP contribution in [0, 0.1) is 0 Å². The second-order valence-corrected chi connectivity index (χ2v) is 5.95. The molecule has 3 rings (SSSR count). The van der Waals surface area contributed by atoms with Crippen LogP contribution in [0.1, 0.15) is 19.4 Å². The molecule has 1 heterocycles. The lowest BCUT2D eigenvalue weighted by Crippen LogP contribution is -2.54. The van der Waals surface area contributed by atoms with Gasteiger partial charge in [0.05, 0.1) is 6.17 Å². The molecule has 1 aliphatic rings. The smallest absolute Gasteiger partial charge is 0.196 e. The number of carbonyl (C=O) groups is 1. The highest BCUT2D eigenvalue weighted by Crippen LogP contribution is 2.31. The molecule has 120 valence electrons. The Labute approximate surface area is 136 Å².